The Morgan fingerprint density at radius 1 is 1.05 bits per heavy atom. The Morgan fingerprint density at radius 3 is 2.42 bits per heavy atom. The van der Waals surface area contributed by atoms with Gasteiger partial charge in [-0.25, -0.2) is 8.42 Å². The lowest BCUT2D eigenvalue weighted by Crippen LogP contribution is -2.61. The minimum Gasteiger partial charge on any atom is -0.748 e. The van der Waals surface area contributed by atoms with Crippen LogP contribution in [0.2, 0.25) is 0 Å². The Morgan fingerprint density at radius 2 is 1.76 bits per heavy atom. The van der Waals surface area contributed by atoms with Crippen LogP contribution in [-0.4, -0.2) is 30.7 Å². The number of carbonyl (C=O) groups is 1. The maximum absolute atomic E-state index is 13.2. The van der Waals surface area contributed by atoms with Gasteiger partial charge in [0.05, 0.1) is 16.5 Å². The molecule has 0 saturated carbocycles. The van der Waals surface area contributed by atoms with Crippen LogP contribution < -0.4 is 10.0 Å². The Bertz CT molecular complexity index is 1410. The Hall–Kier alpha value is -3.52. The summed E-state index contributed by atoms with van der Waals surface area (Å²) in [6.45, 7) is 7.77. The number of fused-ring (bicyclic) bond motifs is 3. The number of unbranched alkanes of at least 4 members (excludes halogenated alkanes) is 1. The molecule has 1 N–H and O–H groups in total. The largest absolute Gasteiger partial charge is 0.748 e. The first-order valence-corrected chi connectivity index (χ1v) is 14.4. The molecule has 1 amide bonds. The second-order valence-corrected chi connectivity index (χ2v) is 10.9. The van der Waals surface area contributed by atoms with Crippen molar-refractivity contribution >= 4 is 32.5 Å². The third-order valence-electron chi connectivity index (χ3n) is 6.51. The first kappa shape index (κ1) is 29.0. The molecule has 1 heterocycles. The number of amides is 1. The normalized spacial score (nSPS) is 18.8. The summed E-state index contributed by atoms with van der Waals surface area (Å²) in [5.41, 5.74) is 6.81. The minimum absolute atomic E-state index is 0.00573. The van der Waals surface area contributed by atoms with Gasteiger partial charge in [-0.2, -0.15) is 10.0 Å². The molecule has 2 unspecified atom stereocenters. The molecule has 0 aromatic heterocycles. The van der Waals surface area contributed by atoms with Gasteiger partial charge in [0, 0.05) is 23.1 Å². The number of hydrogen-bond donors (Lipinski definition) is 1. The van der Waals surface area contributed by atoms with Gasteiger partial charge in [0.15, 0.2) is 5.69 Å². The molecule has 0 radical (unpaired) electrons. The Kier molecular flexibility index (Phi) is 10.2. The average Bonchev–Trinajstić information content (AvgIpc) is 3.17. The average molecular weight is 533 g/mol. The summed E-state index contributed by atoms with van der Waals surface area (Å²) in [6.07, 6.45) is 12.2. The van der Waals surface area contributed by atoms with E-state index < -0.39 is 10.1 Å². The van der Waals surface area contributed by atoms with Gasteiger partial charge >= 0.3 is 0 Å². The van der Waals surface area contributed by atoms with Gasteiger partial charge in [-0.15, -0.1) is 0 Å². The highest BCUT2D eigenvalue weighted by Crippen LogP contribution is 2.43. The van der Waals surface area contributed by atoms with E-state index in [0.29, 0.717) is 17.4 Å². The van der Waals surface area contributed by atoms with Gasteiger partial charge in [-0.1, -0.05) is 98.8 Å². The van der Waals surface area contributed by atoms with Crippen LogP contribution >= 0.6 is 0 Å². The molecule has 1 aliphatic rings. The maximum Gasteiger partial charge on any atom is 0.270 e. The highest BCUT2D eigenvalue weighted by atomic mass is 32.2. The lowest BCUT2D eigenvalue weighted by atomic mass is 10.0. The zero-order valence-electron chi connectivity index (χ0n) is 22.0. The molecular formula is C31H36N2O4S. The van der Waals surface area contributed by atoms with Crippen molar-refractivity contribution in [3.63, 3.8) is 0 Å². The number of rotatable bonds is 9. The van der Waals surface area contributed by atoms with Crippen LogP contribution in [0.1, 0.15) is 37.8 Å². The van der Waals surface area contributed by atoms with Crippen LogP contribution in [0.25, 0.3) is 10.8 Å². The zero-order chi connectivity index (χ0) is 27.6. The van der Waals surface area contributed by atoms with E-state index in [2.05, 4.69) is 61.5 Å². The fraction of sp³-hybridized carbons (Fsp3) is 0.258. The Balaban J connectivity index is 0.000000436. The van der Waals surface area contributed by atoms with E-state index in [-0.39, 0.29) is 17.7 Å². The number of allylic oxidation sites excluding steroid dienone is 4. The van der Waals surface area contributed by atoms with E-state index in [1.807, 2.05) is 55.5 Å². The summed E-state index contributed by atoms with van der Waals surface area (Å²) in [6, 6.07) is 22.8. The predicted molar refractivity (Wildman–Crippen MR) is 155 cm³/mol. The van der Waals surface area contributed by atoms with Crippen molar-refractivity contribution < 1.29 is 17.8 Å². The number of hydrogen-bond acceptors (Lipinski definition) is 4. The van der Waals surface area contributed by atoms with Crippen molar-refractivity contribution in [2.75, 3.05) is 5.75 Å². The van der Waals surface area contributed by atoms with Gasteiger partial charge in [0.25, 0.3) is 5.91 Å². The Labute approximate surface area is 226 Å². The third-order valence-corrected chi connectivity index (χ3v) is 7.30. The van der Waals surface area contributed by atoms with Crippen molar-refractivity contribution in [2.24, 2.45) is 0 Å². The molecule has 38 heavy (non-hydrogen) atoms. The summed E-state index contributed by atoms with van der Waals surface area (Å²) in [5, 5.41) is 2.36. The molecule has 0 saturated heterocycles. The van der Waals surface area contributed by atoms with Crippen molar-refractivity contribution in [2.45, 2.75) is 45.6 Å². The maximum atomic E-state index is 13.2. The second kappa shape index (κ2) is 13.3. The van der Waals surface area contributed by atoms with Crippen LogP contribution in [0.4, 0.5) is 5.69 Å². The molecule has 0 fully saturated rings. The van der Waals surface area contributed by atoms with Crippen LogP contribution in [-0.2, 0) is 27.8 Å². The monoisotopic (exact) mass is 532 g/mol. The first-order chi connectivity index (χ1) is 18.2. The van der Waals surface area contributed by atoms with Crippen LogP contribution in [0.15, 0.2) is 104 Å². The van der Waals surface area contributed by atoms with Crippen molar-refractivity contribution in [1.29, 1.82) is 0 Å². The van der Waals surface area contributed by atoms with E-state index in [4.69, 9.17) is 0 Å². The zero-order valence-corrected chi connectivity index (χ0v) is 22.9. The highest BCUT2D eigenvalue weighted by molar-refractivity contribution is 7.85. The molecule has 0 aliphatic carbocycles. The predicted octanol–water partition coefficient (Wildman–Crippen LogP) is 5.95. The standard InChI is InChI=1S/C27H26N2O.C4H10O3S/c1-3-4-5-11-18-29(28-26(30)20-22-12-7-6-8-13-22)21(2)19-24-17-16-23-14-9-10-15-25(23)27(24)29;1-2-3-4-8(5,6)7/h3-18,21H,1,19-20H2,2H3;2-4H2,1H3,(H,5,6,7). The molecular weight excluding hydrogens is 496 g/mol. The summed E-state index contributed by atoms with van der Waals surface area (Å²) < 4.78 is 29.8. The molecule has 3 aromatic rings. The molecule has 7 heteroatoms. The number of carbonyl (C=O) groups excluding carboxylic acids is 1. The third kappa shape index (κ3) is 7.51. The number of nitrogens with zero attached hydrogens (tertiary/aromatic N) is 1. The van der Waals surface area contributed by atoms with Crippen molar-refractivity contribution in [3.05, 3.63) is 115 Å². The van der Waals surface area contributed by atoms with Crippen molar-refractivity contribution in [1.82, 2.24) is 10.0 Å². The summed E-state index contributed by atoms with van der Waals surface area (Å²) in [5.74, 6) is -0.213. The smallest absolute Gasteiger partial charge is 0.270 e. The molecule has 6 nitrogen and oxygen atoms in total. The van der Waals surface area contributed by atoms with Crippen LogP contribution in [0.3, 0.4) is 0 Å². The molecule has 1 aliphatic heterocycles. The number of nitrogens with one attached hydrogen (secondary N) is 1. The molecule has 3 aromatic carbocycles. The van der Waals surface area contributed by atoms with E-state index in [0.717, 1.165) is 24.1 Å². The molecule has 4 rings (SSSR count). The number of quaternary nitrogens is 1. The fourth-order valence-corrected chi connectivity index (χ4v) is 5.33. The van der Waals surface area contributed by atoms with Crippen LogP contribution in [0.5, 0.6) is 0 Å². The van der Waals surface area contributed by atoms with E-state index >= 15 is 0 Å². The topological polar surface area (TPSA) is 86.3 Å². The minimum atomic E-state index is -3.94. The second-order valence-electron chi connectivity index (χ2n) is 9.40. The SMILES string of the molecule is C=CC=CC=C[N+]1(NC(=O)Cc2ccccc2)c2c(ccc3ccccc23)CC1C.CCCCS(=O)(=O)[O-]. The highest BCUT2D eigenvalue weighted by Gasteiger charge is 2.46. The number of benzene rings is 3. The molecule has 0 spiro atoms. The first-order valence-electron chi connectivity index (χ1n) is 12.9. The van der Waals surface area contributed by atoms with E-state index in [1.165, 1.54) is 16.3 Å². The molecule has 2 atom stereocenters. The van der Waals surface area contributed by atoms with Gasteiger partial charge in [0.2, 0.25) is 0 Å². The fourth-order valence-electron chi connectivity index (χ4n) is 4.69. The van der Waals surface area contributed by atoms with E-state index in [9.17, 15) is 17.8 Å². The molecule has 0 bridgehead atoms. The van der Waals surface area contributed by atoms with Crippen molar-refractivity contribution in [3.8, 4) is 0 Å². The summed E-state index contributed by atoms with van der Waals surface area (Å²) in [4.78, 5) is 13.2. The summed E-state index contributed by atoms with van der Waals surface area (Å²) in [7, 11) is -3.94. The van der Waals surface area contributed by atoms with E-state index in [1.54, 1.807) is 6.08 Å². The van der Waals surface area contributed by atoms with Gasteiger partial charge in [-0.05, 0) is 36.4 Å². The molecule has 200 valence electrons. The van der Waals surface area contributed by atoms with Gasteiger partial charge in [0.1, 0.15) is 12.2 Å². The quantitative estimate of drug-likeness (QED) is 0.210. The van der Waals surface area contributed by atoms with Gasteiger partial charge < -0.3 is 4.55 Å². The van der Waals surface area contributed by atoms with Crippen LogP contribution in [0, 0.1) is 0 Å². The lowest BCUT2D eigenvalue weighted by molar-refractivity contribution is -0.124. The lowest BCUT2D eigenvalue weighted by Gasteiger charge is -2.34. The van der Waals surface area contributed by atoms with Gasteiger partial charge in [-0.3, -0.25) is 4.79 Å². The summed E-state index contributed by atoms with van der Waals surface area (Å²) >= 11 is 0.